The van der Waals surface area contributed by atoms with E-state index < -0.39 is 0 Å². The van der Waals surface area contributed by atoms with Crippen LogP contribution in [0, 0.1) is 0 Å². The maximum atomic E-state index is 5.74. The lowest BCUT2D eigenvalue weighted by Crippen LogP contribution is -2.03. The number of rotatable bonds is 6. The zero-order chi connectivity index (χ0) is 19.1. The van der Waals surface area contributed by atoms with Crippen molar-refractivity contribution in [1.29, 1.82) is 0 Å². The Morgan fingerprint density at radius 1 is 0.741 bits per heavy atom. The molecule has 3 rings (SSSR count). The van der Waals surface area contributed by atoms with Crippen molar-refractivity contribution in [2.24, 2.45) is 10.2 Å². The first-order valence-corrected chi connectivity index (χ1v) is 9.41. The number of halogens is 2. The molecule has 0 bridgehead atoms. The molecule has 0 saturated heterocycles. The average Bonchev–Trinajstić information content (AvgIpc) is 2.65. The van der Waals surface area contributed by atoms with Gasteiger partial charge in [0.05, 0.1) is 12.4 Å². The molecule has 9 heteroatoms. The summed E-state index contributed by atoms with van der Waals surface area (Å²) in [6, 6.07) is 17.2. The van der Waals surface area contributed by atoms with Gasteiger partial charge >= 0.3 is 0 Å². The fraction of sp³-hybridized carbons (Fsp3) is 0. The predicted octanol–water partition coefficient (Wildman–Crippen LogP) is 4.48. The number of aromatic nitrogens is 2. The highest BCUT2D eigenvalue weighted by atomic mass is 79.9. The van der Waals surface area contributed by atoms with Crippen LogP contribution in [0.3, 0.4) is 0 Å². The fourth-order valence-corrected chi connectivity index (χ4v) is 2.55. The first-order valence-electron chi connectivity index (χ1n) is 7.82. The standard InChI is InChI=1S/C18H15Br2N7/c19-14-5-1-12(2-6-14)10-22-26-16-9-17(25-18(21)24-16)27-23-11-13-3-7-15(20)8-4-13/h1-11H,(H4,21,24,25,26,27)/b22-10+,23-11+. The average molecular weight is 489 g/mol. The lowest BCUT2D eigenvalue weighted by Gasteiger charge is -2.04. The minimum absolute atomic E-state index is 0.111. The maximum Gasteiger partial charge on any atom is 0.224 e. The largest absolute Gasteiger partial charge is 0.368 e. The highest BCUT2D eigenvalue weighted by Gasteiger charge is 2.01. The molecule has 7 nitrogen and oxygen atoms in total. The van der Waals surface area contributed by atoms with Crippen LogP contribution in [0.5, 0.6) is 0 Å². The Labute approximate surface area is 173 Å². The second-order valence-corrected chi connectivity index (χ2v) is 7.17. The Hall–Kier alpha value is -2.78. The third kappa shape index (κ3) is 6.15. The molecule has 3 aromatic rings. The molecule has 0 unspecified atom stereocenters. The number of nitrogens with zero attached hydrogens (tertiary/aromatic N) is 4. The van der Waals surface area contributed by atoms with Crippen LogP contribution >= 0.6 is 31.9 Å². The second kappa shape index (κ2) is 9.24. The van der Waals surface area contributed by atoms with Crippen molar-refractivity contribution in [3.8, 4) is 0 Å². The molecule has 1 aromatic heterocycles. The molecule has 0 fully saturated rings. The van der Waals surface area contributed by atoms with Gasteiger partial charge in [0.2, 0.25) is 5.95 Å². The van der Waals surface area contributed by atoms with Gasteiger partial charge < -0.3 is 5.73 Å². The molecule has 27 heavy (non-hydrogen) atoms. The summed E-state index contributed by atoms with van der Waals surface area (Å²) < 4.78 is 2.02. The summed E-state index contributed by atoms with van der Waals surface area (Å²) in [5.41, 5.74) is 13.3. The van der Waals surface area contributed by atoms with E-state index in [-0.39, 0.29) is 5.95 Å². The van der Waals surface area contributed by atoms with Crippen molar-refractivity contribution in [3.63, 3.8) is 0 Å². The smallest absolute Gasteiger partial charge is 0.224 e. The van der Waals surface area contributed by atoms with Gasteiger partial charge in [-0.3, -0.25) is 10.9 Å². The van der Waals surface area contributed by atoms with Gasteiger partial charge in [0.1, 0.15) is 0 Å². The Bertz CT molecular complexity index is 879. The molecule has 0 radical (unpaired) electrons. The normalized spacial score (nSPS) is 11.2. The molecule has 0 amide bonds. The van der Waals surface area contributed by atoms with Gasteiger partial charge in [0.25, 0.3) is 0 Å². The first kappa shape index (κ1) is 19.0. The van der Waals surface area contributed by atoms with E-state index >= 15 is 0 Å². The number of hydrazone groups is 2. The second-order valence-electron chi connectivity index (χ2n) is 5.34. The van der Waals surface area contributed by atoms with Gasteiger partial charge in [0, 0.05) is 15.0 Å². The van der Waals surface area contributed by atoms with Crippen LogP contribution in [-0.4, -0.2) is 22.4 Å². The van der Waals surface area contributed by atoms with Crippen LogP contribution in [0.25, 0.3) is 0 Å². The van der Waals surface area contributed by atoms with Crippen LogP contribution in [-0.2, 0) is 0 Å². The molecule has 136 valence electrons. The highest BCUT2D eigenvalue weighted by molar-refractivity contribution is 9.10. The van der Waals surface area contributed by atoms with E-state index in [0.717, 1.165) is 20.1 Å². The van der Waals surface area contributed by atoms with E-state index in [1.165, 1.54) is 0 Å². The summed E-state index contributed by atoms with van der Waals surface area (Å²) in [5.74, 6) is 1.02. The van der Waals surface area contributed by atoms with E-state index in [0.29, 0.717) is 11.6 Å². The molecule has 0 aliphatic rings. The fourth-order valence-electron chi connectivity index (χ4n) is 2.02. The predicted molar refractivity (Wildman–Crippen MR) is 117 cm³/mol. The van der Waals surface area contributed by atoms with Crippen LogP contribution in [0.1, 0.15) is 11.1 Å². The van der Waals surface area contributed by atoms with Crippen LogP contribution in [0.2, 0.25) is 0 Å². The van der Waals surface area contributed by atoms with Crippen LogP contribution in [0.4, 0.5) is 17.6 Å². The van der Waals surface area contributed by atoms with Gasteiger partial charge in [-0.2, -0.15) is 20.2 Å². The summed E-state index contributed by atoms with van der Waals surface area (Å²) in [5, 5.41) is 8.31. The summed E-state index contributed by atoms with van der Waals surface area (Å²) in [4.78, 5) is 8.18. The topological polar surface area (TPSA) is 101 Å². The summed E-state index contributed by atoms with van der Waals surface area (Å²) in [6.45, 7) is 0. The molecule has 2 aromatic carbocycles. The van der Waals surface area contributed by atoms with Crippen LogP contribution in [0.15, 0.2) is 73.7 Å². The lowest BCUT2D eigenvalue weighted by atomic mass is 10.2. The highest BCUT2D eigenvalue weighted by Crippen LogP contribution is 2.13. The van der Waals surface area contributed by atoms with Crippen molar-refractivity contribution in [1.82, 2.24) is 9.97 Å². The number of benzene rings is 2. The SMILES string of the molecule is Nc1nc(N/N=C/c2ccc(Br)cc2)cc(N/N=C/c2ccc(Br)cc2)n1. The number of nitrogen functional groups attached to an aromatic ring is 1. The minimum Gasteiger partial charge on any atom is -0.368 e. The third-order valence-electron chi connectivity index (χ3n) is 3.27. The Balaban J connectivity index is 1.63. The van der Waals surface area contributed by atoms with E-state index in [1.807, 2.05) is 48.5 Å². The summed E-state index contributed by atoms with van der Waals surface area (Å²) in [6.07, 6.45) is 3.37. The van der Waals surface area contributed by atoms with Gasteiger partial charge in [0.15, 0.2) is 11.6 Å². The number of nitrogens with two attached hydrogens (primary N) is 1. The molecular formula is C18H15Br2N7. The first-order chi connectivity index (χ1) is 13.1. The molecule has 0 aliphatic carbocycles. The Kier molecular flexibility index (Phi) is 6.50. The van der Waals surface area contributed by atoms with E-state index in [2.05, 4.69) is 62.9 Å². The molecule has 4 N–H and O–H groups in total. The van der Waals surface area contributed by atoms with Gasteiger partial charge in [-0.05, 0) is 35.4 Å². The van der Waals surface area contributed by atoms with Crippen molar-refractivity contribution in [2.75, 3.05) is 16.6 Å². The molecular weight excluding hydrogens is 474 g/mol. The number of hydrogen-bond acceptors (Lipinski definition) is 7. The van der Waals surface area contributed by atoms with E-state index in [9.17, 15) is 0 Å². The number of nitrogens with one attached hydrogen (secondary N) is 2. The quantitative estimate of drug-likeness (QED) is 0.351. The van der Waals surface area contributed by atoms with Gasteiger partial charge in [-0.25, -0.2) is 0 Å². The van der Waals surface area contributed by atoms with Crippen molar-refractivity contribution < 1.29 is 0 Å². The van der Waals surface area contributed by atoms with Crippen molar-refractivity contribution in [3.05, 3.63) is 74.7 Å². The zero-order valence-electron chi connectivity index (χ0n) is 14.0. The van der Waals surface area contributed by atoms with Crippen molar-refractivity contribution in [2.45, 2.75) is 0 Å². The van der Waals surface area contributed by atoms with E-state index in [4.69, 9.17) is 5.73 Å². The molecule has 0 atom stereocenters. The summed E-state index contributed by atoms with van der Waals surface area (Å²) >= 11 is 6.79. The van der Waals surface area contributed by atoms with Crippen LogP contribution < -0.4 is 16.6 Å². The molecule has 0 aliphatic heterocycles. The van der Waals surface area contributed by atoms with Crippen molar-refractivity contribution >= 4 is 61.9 Å². The zero-order valence-corrected chi connectivity index (χ0v) is 17.1. The van der Waals surface area contributed by atoms with E-state index in [1.54, 1.807) is 18.5 Å². The number of hydrogen-bond donors (Lipinski definition) is 3. The van der Waals surface area contributed by atoms with Gasteiger partial charge in [-0.1, -0.05) is 56.1 Å². The maximum absolute atomic E-state index is 5.74. The minimum atomic E-state index is 0.111. The molecule has 1 heterocycles. The Morgan fingerprint density at radius 3 is 1.56 bits per heavy atom. The number of anilines is 3. The summed E-state index contributed by atoms with van der Waals surface area (Å²) in [7, 11) is 0. The third-order valence-corrected chi connectivity index (χ3v) is 4.33. The monoisotopic (exact) mass is 487 g/mol. The van der Waals surface area contributed by atoms with Gasteiger partial charge in [-0.15, -0.1) is 0 Å². The molecule has 0 saturated carbocycles. The molecule has 0 spiro atoms. The lowest BCUT2D eigenvalue weighted by molar-refractivity contribution is 1.13. The Morgan fingerprint density at radius 2 is 1.15 bits per heavy atom.